The third-order valence-electron chi connectivity index (χ3n) is 3.42. The average Bonchev–Trinajstić information content (AvgIpc) is 2.53. The van der Waals surface area contributed by atoms with Gasteiger partial charge in [0.15, 0.2) is 0 Å². The van der Waals surface area contributed by atoms with Gasteiger partial charge in [-0.15, -0.1) is 0 Å². The summed E-state index contributed by atoms with van der Waals surface area (Å²) >= 11 is 5.66. The summed E-state index contributed by atoms with van der Waals surface area (Å²) in [6, 6.07) is 0.816. The van der Waals surface area contributed by atoms with Crippen molar-refractivity contribution in [2.45, 2.75) is 32.1 Å². The fourth-order valence-corrected chi connectivity index (χ4v) is 2.39. The van der Waals surface area contributed by atoms with E-state index in [-0.39, 0.29) is 22.6 Å². The molecule has 0 radical (unpaired) electrons. The number of hydrogen-bond donors (Lipinski definition) is 1. The van der Waals surface area contributed by atoms with E-state index >= 15 is 0 Å². The minimum absolute atomic E-state index is 0.0242. The van der Waals surface area contributed by atoms with Gasteiger partial charge in [0.05, 0.1) is 22.4 Å². The topological polar surface area (TPSA) is 54.9 Å². The number of anilines is 1. The maximum absolute atomic E-state index is 12.9. The molecule has 1 amide bonds. The smallest absolute Gasteiger partial charge is 0.322 e. The number of aryl methyl sites for hydroxylation is 1. The number of carbonyl (C=O) groups is 1. The lowest BCUT2D eigenvalue weighted by Gasteiger charge is -2.15. The van der Waals surface area contributed by atoms with Crippen LogP contribution in [0.25, 0.3) is 0 Å². The minimum atomic E-state index is -5.02. The molecule has 2 aromatic rings. The maximum Gasteiger partial charge on any atom is 0.416 e. The van der Waals surface area contributed by atoms with Crippen LogP contribution in [0, 0.1) is 0 Å². The van der Waals surface area contributed by atoms with E-state index in [1.54, 1.807) is 6.92 Å². The third-order valence-corrected chi connectivity index (χ3v) is 3.60. The molecule has 0 aliphatic rings. The van der Waals surface area contributed by atoms with Crippen LogP contribution in [0.15, 0.2) is 24.4 Å². The number of rotatable bonds is 4. The van der Waals surface area contributed by atoms with Gasteiger partial charge < -0.3 is 5.32 Å². The Balaban J connectivity index is 2.43. The minimum Gasteiger partial charge on any atom is -0.322 e. The summed E-state index contributed by atoms with van der Waals surface area (Å²) in [5, 5.41) is 1.91. The zero-order valence-electron chi connectivity index (χ0n) is 13.7. The third kappa shape index (κ3) is 5.31. The van der Waals surface area contributed by atoms with Crippen molar-refractivity contribution >= 4 is 23.2 Å². The van der Waals surface area contributed by atoms with Gasteiger partial charge in [-0.05, 0) is 36.2 Å². The predicted octanol–water partition coefficient (Wildman–Crippen LogP) is 5.37. The van der Waals surface area contributed by atoms with Crippen molar-refractivity contribution < 1.29 is 31.1 Å². The molecule has 4 nitrogen and oxygen atoms in total. The van der Waals surface area contributed by atoms with Gasteiger partial charge >= 0.3 is 12.4 Å². The molecule has 0 aliphatic heterocycles. The van der Waals surface area contributed by atoms with Crippen molar-refractivity contribution in [2.75, 3.05) is 5.32 Å². The molecule has 0 fully saturated rings. The fourth-order valence-electron chi connectivity index (χ4n) is 2.24. The molecular weight excluding hydrogens is 400 g/mol. The summed E-state index contributed by atoms with van der Waals surface area (Å²) in [4.78, 5) is 19.9. The van der Waals surface area contributed by atoms with Crippen LogP contribution in [0.2, 0.25) is 5.28 Å². The molecule has 2 rings (SSSR count). The maximum atomic E-state index is 12.9. The Kier molecular flexibility index (Phi) is 5.98. The Bertz CT molecular complexity index is 819. The van der Waals surface area contributed by atoms with E-state index in [0.29, 0.717) is 25.0 Å². The van der Waals surface area contributed by atoms with Crippen LogP contribution >= 0.6 is 11.6 Å². The van der Waals surface area contributed by atoms with Crippen LogP contribution in [0.1, 0.15) is 40.5 Å². The Labute approximate surface area is 154 Å². The van der Waals surface area contributed by atoms with E-state index in [9.17, 15) is 31.1 Å². The molecule has 0 spiro atoms. The summed E-state index contributed by atoms with van der Waals surface area (Å²) in [5.41, 5.74) is -3.58. The van der Waals surface area contributed by atoms with Gasteiger partial charge in [0.25, 0.3) is 5.91 Å². The van der Waals surface area contributed by atoms with Crippen molar-refractivity contribution in [3.63, 3.8) is 0 Å². The molecule has 0 unspecified atom stereocenters. The second-order valence-electron chi connectivity index (χ2n) is 5.50. The highest BCUT2D eigenvalue weighted by Crippen LogP contribution is 2.37. The quantitative estimate of drug-likeness (QED) is 0.543. The van der Waals surface area contributed by atoms with E-state index in [1.807, 2.05) is 5.32 Å². The number of hydrogen-bond acceptors (Lipinski definition) is 3. The van der Waals surface area contributed by atoms with Crippen LogP contribution in [-0.2, 0) is 18.8 Å². The first kappa shape index (κ1) is 20.9. The highest BCUT2D eigenvalue weighted by molar-refractivity contribution is 6.28. The molecule has 0 saturated heterocycles. The van der Waals surface area contributed by atoms with Crippen molar-refractivity contribution in [3.8, 4) is 0 Å². The molecule has 0 bridgehead atoms. The zero-order chi connectivity index (χ0) is 20.4. The van der Waals surface area contributed by atoms with Crippen molar-refractivity contribution in [2.24, 2.45) is 0 Å². The molecule has 1 aromatic carbocycles. The molecule has 1 aromatic heterocycles. The van der Waals surface area contributed by atoms with Crippen LogP contribution in [0.5, 0.6) is 0 Å². The normalized spacial score (nSPS) is 12.1. The number of halogens is 7. The molecule has 11 heteroatoms. The molecule has 0 saturated carbocycles. The van der Waals surface area contributed by atoms with Crippen LogP contribution in [-0.4, -0.2) is 15.9 Å². The van der Waals surface area contributed by atoms with Gasteiger partial charge in [0.2, 0.25) is 5.28 Å². The zero-order valence-corrected chi connectivity index (χ0v) is 14.4. The lowest BCUT2D eigenvalue weighted by molar-refractivity contribution is -0.143. The first-order valence-corrected chi connectivity index (χ1v) is 7.92. The fraction of sp³-hybridized carbons (Fsp3) is 0.312. The standard InChI is InChI=1S/C16H12ClF6N3O/c1-2-3-12-11(7-24-14(17)26-12)13(27)25-10-5-8(15(18,19)20)4-9(6-10)16(21,22)23/h4-7H,2-3H2,1H3,(H,25,27). The number of aromatic nitrogens is 2. The van der Waals surface area contributed by atoms with Gasteiger partial charge in [-0.3, -0.25) is 4.79 Å². The molecule has 146 valence electrons. The van der Waals surface area contributed by atoms with Crippen LogP contribution in [0.3, 0.4) is 0 Å². The van der Waals surface area contributed by atoms with Crippen LogP contribution in [0.4, 0.5) is 32.0 Å². The molecule has 0 atom stereocenters. The first-order valence-electron chi connectivity index (χ1n) is 7.54. The van der Waals surface area contributed by atoms with Gasteiger partial charge in [0, 0.05) is 11.9 Å². The Morgan fingerprint density at radius 3 is 2.11 bits per heavy atom. The molecule has 27 heavy (non-hydrogen) atoms. The number of benzene rings is 1. The Morgan fingerprint density at radius 1 is 1.07 bits per heavy atom. The largest absolute Gasteiger partial charge is 0.416 e. The van der Waals surface area contributed by atoms with E-state index in [4.69, 9.17) is 11.6 Å². The highest BCUT2D eigenvalue weighted by Gasteiger charge is 2.37. The number of alkyl halides is 6. The summed E-state index contributed by atoms with van der Waals surface area (Å²) < 4.78 is 77.3. The monoisotopic (exact) mass is 411 g/mol. The van der Waals surface area contributed by atoms with E-state index in [1.165, 1.54) is 0 Å². The van der Waals surface area contributed by atoms with Crippen molar-refractivity contribution in [3.05, 3.63) is 52.1 Å². The van der Waals surface area contributed by atoms with Crippen molar-refractivity contribution in [1.29, 1.82) is 0 Å². The van der Waals surface area contributed by atoms with Gasteiger partial charge in [-0.25, -0.2) is 9.97 Å². The lowest BCUT2D eigenvalue weighted by atomic mass is 10.1. The van der Waals surface area contributed by atoms with Crippen molar-refractivity contribution in [1.82, 2.24) is 9.97 Å². The predicted molar refractivity (Wildman–Crippen MR) is 85.4 cm³/mol. The summed E-state index contributed by atoms with van der Waals surface area (Å²) in [7, 11) is 0. The SMILES string of the molecule is CCCc1nc(Cl)ncc1C(=O)Nc1cc(C(F)(F)F)cc(C(F)(F)F)c1. The highest BCUT2D eigenvalue weighted by atomic mass is 35.5. The molecular formula is C16H12ClF6N3O. The van der Waals surface area contributed by atoms with E-state index in [0.717, 1.165) is 6.20 Å². The number of nitrogens with one attached hydrogen (secondary N) is 1. The van der Waals surface area contributed by atoms with Gasteiger partial charge in [-0.2, -0.15) is 26.3 Å². The van der Waals surface area contributed by atoms with Gasteiger partial charge in [0.1, 0.15) is 0 Å². The Morgan fingerprint density at radius 2 is 1.63 bits per heavy atom. The van der Waals surface area contributed by atoms with E-state index < -0.39 is 35.1 Å². The molecule has 1 heterocycles. The lowest BCUT2D eigenvalue weighted by Crippen LogP contribution is -2.18. The summed E-state index contributed by atoms with van der Waals surface area (Å²) in [6.45, 7) is 1.79. The summed E-state index contributed by atoms with van der Waals surface area (Å²) in [6.07, 6.45) is -8.07. The summed E-state index contributed by atoms with van der Waals surface area (Å²) in [5.74, 6) is -0.942. The van der Waals surface area contributed by atoms with Gasteiger partial charge in [-0.1, -0.05) is 13.3 Å². The first-order chi connectivity index (χ1) is 12.4. The second-order valence-corrected chi connectivity index (χ2v) is 5.84. The molecule has 1 N–H and O–H groups in total. The average molecular weight is 412 g/mol. The number of nitrogens with zero attached hydrogens (tertiary/aromatic N) is 2. The molecule has 0 aliphatic carbocycles. The van der Waals surface area contributed by atoms with Crippen LogP contribution < -0.4 is 5.32 Å². The second kappa shape index (κ2) is 7.71. The Hall–Kier alpha value is -2.36. The number of carbonyl (C=O) groups excluding carboxylic acids is 1. The number of amides is 1. The van der Waals surface area contributed by atoms with E-state index in [2.05, 4.69) is 9.97 Å².